The molecule has 0 aliphatic carbocycles. The summed E-state index contributed by atoms with van der Waals surface area (Å²) in [5.41, 5.74) is 1.02. The fraction of sp³-hybridized carbons (Fsp3) is 0.455. The molecule has 9 heteroatoms. The van der Waals surface area contributed by atoms with Crippen LogP contribution in [0.3, 0.4) is 0 Å². The van der Waals surface area contributed by atoms with Crippen molar-refractivity contribution in [2.24, 2.45) is 0 Å². The fourth-order valence-corrected chi connectivity index (χ4v) is 4.76. The molecule has 1 fully saturated rings. The number of amides is 1. The van der Waals surface area contributed by atoms with Gasteiger partial charge in [0.05, 0.1) is 7.11 Å². The largest absolute Gasteiger partial charge is 0.497 e. The topological polar surface area (TPSA) is 76.4 Å². The highest BCUT2D eigenvalue weighted by molar-refractivity contribution is 7.09. The van der Waals surface area contributed by atoms with Crippen LogP contribution in [-0.4, -0.2) is 69.2 Å². The van der Waals surface area contributed by atoms with E-state index in [2.05, 4.69) is 37.9 Å². The van der Waals surface area contributed by atoms with Gasteiger partial charge < -0.3 is 9.64 Å². The van der Waals surface area contributed by atoms with Gasteiger partial charge in [-0.2, -0.15) is 0 Å². The van der Waals surface area contributed by atoms with Crippen LogP contribution in [0.15, 0.2) is 41.8 Å². The van der Waals surface area contributed by atoms with E-state index in [1.165, 1.54) is 4.88 Å². The monoisotopic (exact) mass is 440 g/mol. The van der Waals surface area contributed by atoms with Gasteiger partial charge in [-0.05, 0) is 52.9 Å². The molecule has 1 aliphatic heterocycles. The maximum absolute atomic E-state index is 13.6. The molecule has 3 aromatic rings. The molecule has 2 aromatic heterocycles. The van der Waals surface area contributed by atoms with E-state index in [4.69, 9.17) is 4.74 Å². The van der Waals surface area contributed by atoms with Crippen molar-refractivity contribution >= 4 is 17.2 Å². The Labute approximate surface area is 186 Å². The Morgan fingerprint density at radius 1 is 1.19 bits per heavy atom. The molecule has 0 N–H and O–H groups in total. The summed E-state index contributed by atoms with van der Waals surface area (Å²) in [6.07, 6.45) is 1.47. The smallest absolute Gasteiger partial charge is 0.247 e. The standard InChI is InChI=1S/C22H28N6O2S/c1-17-23-24-25-28(17)21(15-18-6-3-7-19(14-18)30-2)22(29)27-10-5-9-26(11-12-27)16-20-8-4-13-31-20/h3-4,6-8,13-14,21H,5,9-12,15-16H2,1-2H3/t21-/m0/s1. The maximum atomic E-state index is 13.6. The number of hydrogen-bond acceptors (Lipinski definition) is 7. The molecule has 0 unspecified atom stereocenters. The molecule has 31 heavy (non-hydrogen) atoms. The van der Waals surface area contributed by atoms with Gasteiger partial charge in [-0.15, -0.1) is 16.4 Å². The van der Waals surface area contributed by atoms with Crippen molar-refractivity contribution in [3.8, 4) is 5.75 Å². The van der Waals surface area contributed by atoms with E-state index in [0.717, 1.165) is 43.9 Å². The molecule has 3 heterocycles. The summed E-state index contributed by atoms with van der Waals surface area (Å²) < 4.78 is 7.00. The lowest BCUT2D eigenvalue weighted by Crippen LogP contribution is -2.41. The normalized spacial score (nSPS) is 16.1. The fourth-order valence-electron chi connectivity index (χ4n) is 4.01. The zero-order chi connectivity index (χ0) is 21.6. The second-order valence-electron chi connectivity index (χ2n) is 7.78. The summed E-state index contributed by atoms with van der Waals surface area (Å²) in [4.78, 5) is 19.4. The number of methoxy groups -OCH3 is 1. The number of carbonyl (C=O) groups excluding carboxylic acids is 1. The van der Waals surface area contributed by atoms with Gasteiger partial charge in [0, 0.05) is 44.0 Å². The third-order valence-corrected chi connectivity index (χ3v) is 6.52. The predicted molar refractivity (Wildman–Crippen MR) is 119 cm³/mol. The minimum Gasteiger partial charge on any atom is -0.497 e. The number of benzene rings is 1. The van der Waals surface area contributed by atoms with Crippen LogP contribution in [0.2, 0.25) is 0 Å². The van der Waals surface area contributed by atoms with Gasteiger partial charge in [-0.25, -0.2) is 4.68 Å². The second kappa shape index (κ2) is 10.0. The second-order valence-corrected chi connectivity index (χ2v) is 8.81. The van der Waals surface area contributed by atoms with Gasteiger partial charge in [-0.1, -0.05) is 18.2 Å². The van der Waals surface area contributed by atoms with Crippen molar-refractivity contribution < 1.29 is 9.53 Å². The van der Waals surface area contributed by atoms with Crippen molar-refractivity contribution in [2.75, 3.05) is 33.3 Å². The highest BCUT2D eigenvalue weighted by Gasteiger charge is 2.30. The number of aryl methyl sites for hydroxylation is 1. The molecule has 0 saturated carbocycles. The van der Waals surface area contributed by atoms with Crippen LogP contribution in [0.1, 0.15) is 28.7 Å². The third kappa shape index (κ3) is 5.29. The molecule has 1 amide bonds. The Morgan fingerprint density at radius 3 is 2.84 bits per heavy atom. The molecule has 4 rings (SSSR count). The predicted octanol–water partition coefficient (Wildman–Crippen LogP) is 2.57. The van der Waals surface area contributed by atoms with Crippen molar-refractivity contribution in [3.05, 3.63) is 58.0 Å². The average Bonchev–Trinajstić information content (AvgIpc) is 3.39. The first-order chi connectivity index (χ1) is 15.1. The number of rotatable bonds is 7. The lowest BCUT2D eigenvalue weighted by atomic mass is 10.0. The number of carbonyl (C=O) groups is 1. The molecule has 0 spiro atoms. The van der Waals surface area contributed by atoms with Crippen LogP contribution in [0, 0.1) is 6.92 Å². The molecule has 164 valence electrons. The summed E-state index contributed by atoms with van der Waals surface area (Å²) in [5.74, 6) is 1.47. The number of tetrazole rings is 1. The van der Waals surface area contributed by atoms with Crippen LogP contribution in [0.4, 0.5) is 0 Å². The van der Waals surface area contributed by atoms with Crippen molar-refractivity contribution in [2.45, 2.75) is 32.4 Å². The van der Waals surface area contributed by atoms with Gasteiger partial charge in [0.15, 0.2) is 0 Å². The van der Waals surface area contributed by atoms with E-state index in [1.54, 1.807) is 23.1 Å². The van der Waals surface area contributed by atoms with Crippen molar-refractivity contribution in [3.63, 3.8) is 0 Å². The van der Waals surface area contributed by atoms with Crippen LogP contribution in [-0.2, 0) is 17.8 Å². The summed E-state index contributed by atoms with van der Waals surface area (Å²) >= 11 is 1.78. The number of ether oxygens (including phenoxy) is 1. The van der Waals surface area contributed by atoms with E-state index in [0.29, 0.717) is 18.8 Å². The maximum Gasteiger partial charge on any atom is 0.247 e. The van der Waals surface area contributed by atoms with Crippen LogP contribution < -0.4 is 4.74 Å². The van der Waals surface area contributed by atoms with Gasteiger partial charge in [0.25, 0.3) is 0 Å². The molecule has 1 aliphatic rings. The number of hydrogen-bond donors (Lipinski definition) is 0. The zero-order valence-electron chi connectivity index (χ0n) is 18.0. The van der Waals surface area contributed by atoms with Crippen LogP contribution >= 0.6 is 11.3 Å². The number of thiophene rings is 1. The summed E-state index contributed by atoms with van der Waals surface area (Å²) in [6, 6.07) is 11.6. The van der Waals surface area contributed by atoms with Crippen LogP contribution in [0.25, 0.3) is 0 Å². The lowest BCUT2D eigenvalue weighted by Gasteiger charge is -2.27. The molecule has 1 atom stereocenters. The molecular formula is C22H28N6O2S. The zero-order valence-corrected chi connectivity index (χ0v) is 18.8. The highest BCUT2D eigenvalue weighted by Crippen LogP contribution is 2.22. The van der Waals surface area contributed by atoms with E-state index in [9.17, 15) is 4.79 Å². The minimum atomic E-state index is -0.481. The first kappa shape index (κ1) is 21.5. The summed E-state index contributed by atoms with van der Waals surface area (Å²) in [5, 5.41) is 14.0. The average molecular weight is 441 g/mol. The van der Waals surface area contributed by atoms with E-state index in [1.807, 2.05) is 36.1 Å². The minimum absolute atomic E-state index is 0.0659. The molecular weight excluding hydrogens is 412 g/mol. The quantitative estimate of drug-likeness (QED) is 0.562. The van der Waals surface area contributed by atoms with Gasteiger partial charge >= 0.3 is 0 Å². The first-order valence-corrected chi connectivity index (χ1v) is 11.4. The molecule has 8 nitrogen and oxygen atoms in total. The molecule has 0 radical (unpaired) electrons. The first-order valence-electron chi connectivity index (χ1n) is 10.5. The third-order valence-electron chi connectivity index (χ3n) is 5.66. The van der Waals surface area contributed by atoms with Gasteiger partial charge in [-0.3, -0.25) is 9.69 Å². The van der Waals surface area contributed by atoms with E-state index >= 15 is 0 Å². The summed E-state index contributed by atoms with van der Waals surface area (Å²) in [7, 11) is 1.65. The Kier molecular flexibility index (Phi) is 6.93. The van der Waals surface area contributed by atoms with E-state index < -0.39 is 6.04 Å². The highest BCUT2D eigenvalue weighted by atomic mass is 32.1. The van der Waals surface area contributed by atoms with Gasteiger partial charge in [0.1, 0.15) is 17.6 Å². The Hall–Kier alpha value is -2.78. The number of aromatic nitrogens is 4. The summed E-state index contributed by atoms with van der Waals surface area (Å²) in [6.45, 7) is 6.09. The van der Waals surface area contributed by atoms with Crippen molar-refractivity contribution in [1.82, 2.24) is 30.0 Å². The Balaban J connectivity index is 1.49. The Morgan fingerprint density at radius 2 is 2.10 bits per heavy atom. The Bertz CT molecular complexity index is 990. The SMILES string of the molecule is COc1cccc(C[C@@H](C(=O)N2CCCN(Cc3cccs3)CC2)n2nnnc2C)c1. The van der Waals surface area contributed by atoms with Crippen molar-refractivity contribution in [1.29, 1.82) is 0 Å². The number of nitrogens with zero attached hydrogens (tertiary/aromatic N) is 6. The molecule has 1 saturated heterocycles. The van der Waals surface area contributed by atoms with Crippen LogP contribution in [0.5, 0.6) is 5.75 Å². The lowest BCUT2D eigenvalue weighted by molar-refractivity contribution is -0.135. The molecule has 1 aromatic carbocycles. The van der Waals surface area contributed by atoms with Gasteiger partial charge in [0.2, 0.25) is 5.91 Å². The van der Waals surface area contributed by atoms with E-state index in [-0.39, 0.29) is 5.91 Å². The molecule has 0 bridgehead atoms.